The molecule has 3 nitrogen and oxygen atoms in total. The third-order valence-electron chi connectivity index (χ3n) is 5.01. The van der Waals surface area contributed by atoms with Gasteiger partial charge in [0.15, 0.2) is 0 Å². The van der Waals surface area contributed by atoms with E-state index in [2.05, 4.69) is 18.3 Å². The van der Waals surface area contributed by atoms with E-state index in [0.717, 1.165) is 12.8 Å². The Kier molecular flexibility index (Phi) is 17.0. The molecule has 2 N–H and O–H groups in total. The second-order valence-corrected chi connectivity index (χ2v) is 7.92. The summed E-state index contributed by atoms with van der Waals surface area (Å²) >= 11 is 0. The molecule has 0 saturated heterocycles. The summed E-state index contributed by atoms with van der Waals surface area (Å²) < 4.78 is 0. The van der Waals surface area contributed by atoms with Crippen LogP contribution in [0.5, 0.6) is 0 Å². The summed E-state index contributed by atoms with van der Waals surface area (Å²) in [6.45, 7) is 8.00. The number of nitrogens with one attached hydrogen (secondary N) is 1. The second kappa shape index (κ2) is 17.6. The molecule has 2 atom stereocenters. The van der Waals surface area contributed by atoms with Crippen molar-refractivity contribution in [3.63, 3.8) is 0 Å². The van der Waals surface area contributed by atoms with Crippen molar-refractivity contribution in [3.05, 3.63) is 12.2 Å². The molecule has 0 aliphatic rings. The highest BCUT2D eigenvalue weighted by Gasteiger charge is 2.18. The fraction of sp³-hybridized carbons (Fsp3) is 0.870. The summed E-state index contributed by atoms with van der Waals surface area (Å²) in [6, 6.07) is -0.182. The SMILES string of the molecule is CCCCCCCCCCCCC/C=C/C(O)C(CC)NC(=O)C(C)C. The van der Waals surface area contributed by atoms with Gasteiger partial charge in [0.05, 0.1) is 12.1 Å². The molecule has 26 heavy (non-hydrogen) atoms. The molecule has 3 heteroatoms. The minimum atomic E-state index is -0.588. The summed E-state index contributed by atoms with van der Waals surface area (Å²) in [4.78, 5) is 11.8. The number of unbranched alkanes of at least 4 members (excludes halogenated alkanes) is 11. The van der Waals surface area contributed by atoms with Crippen LogP contribution in [-0.2, 0) is 4.79 Å². The molecule has 0 aliphatic heterocycles. The lowest BCUT2D eigenvalue weighted by atomic mass is 10.0. The highest BCUT2D eigenvalue weighted by molar-refractivity contribution is 5.78. The number of hydrogen-bond donors (Lipinski definition) is 2. The van der Waals surface area contributed by atoms with Crippen LogP contribution in [0.2, 0.25) is 0 Å². The number of aliphatic hydroxyl groups is 1. The fourth-order valence-electron chi connectivity index (χ4n) is 3.07. The van der Waals surface area contributed by atoms with Gasteiger partial charge >= 0.3 is 0 Å². The Balaban J connectivity index is 3.62. The van der Waals surface area contributed by atoms with Gasteiger partial charge in [-0.05, 0) is 19.3 Å². The van der Waals surface area contributed by atoms with Crippen molar-refractivity contribution in [2.24, 2.45) is 5.92 Å². The largest absolute Gasteiger partial charge is 0.387 e. The van der Waals surface area contributed by atoms with Crippen molar-refractivity contribution in [3.8, 4) is 0 Å². The normalized spacial score (nSPS) is 14.1. The van der Waals surface area contributed by atoms with Crippen LogP contribution in [0.4, 0.5) is 0 Å². The van der Waals surface area contributed by atoms with Crippen molar-refractivity contribution < 1.29 is 9.90 Å². The van der Waals surface area contributed by atoms with Gasteiger partial charge in [-0.15, -0.1) is 0 Å². The first-order chi connectivity index (χ1) is 12.5. The van der Waals surface area contributed by atoms with E-state index in [1.807, 2.05) is 26.8 Å². The summed E-state index contributed by atoms with van der Waals surface area (Å²) in [5, 5.41) is 13.1. The maximum absolute atomic E-state index is 11.8. The van der Waals surface area contributed by atoms with Crippen LogP contribution in [0.1, 0.15) is 111 Å². The minimum absolute atomic E-state index is 0.00895. The Morgan fingerprint density at radius 3 is 1.85 bits per heavy atom. The minimum Gasteiger partial charge on any atom is -0.387 e. The lowest BCUT2D eigenvalue weighted by Crippen LogP contribution is -2.43. The first kappa shape index (κ1) is 25.2. The zero-order chi connectivity index (χ0) is 19.6. The Labute approximate surface area is 163 Å². The number of carbonyl (C=O) groups excluding carboxylic acids is 1. The van der Waals surface area contributed by atoms with E-state index in [4.69, 9.17) is 0 Å². The Hall–Kier alpha value is -0.830. The van der Waals surface area contributed by atoms with Crippen molar-refractivity contribution in [1.29, 1.82) is 0 Å². The number of aliphatic hydroxyl groups excluding tert-OH is 1. The molecule has 0 spiro atoms. The monoisotopic (exact) mass is 367 g/mol. The predicted octanol–water partition coefficient (Wildman–Crippen LogP) is 6.16. The van der Waals surface area contributed by atoms with E-state index in [0.29, 0.717) is 0 Å². The molecule has 154 valence electrons. The molecule has 0 aliphatic carbocycles. The third kappa shape index (κ3) is 14.4. The number of allylic oxidation sites excluding steroid dienone is 1. The van der Waals surface area contributed by atoms with E-state index in [9.17, 15) is 9.90 Å². The number of amides is 1. The molecule has 0 saturated carbocycles. The van der Waals surface area contributed by atoms with Gasteiger partial charge in [0.25, 0.3) is 0 Å². The smallest absolute Gasteiger partial charge is 0.222 e. The quantitative estimate of drug-likeness (QED) is 0.239. The van der Waals surface area contributed by atoms with Gasteiger partial charge in [-0.25, -0.2) is 0 Å². The second-order valence-electron chi connectivity index (χ2n) is 7.92. The van der Waals surface area contributed by atoms with Gasteiger partial charge in [0.2, 0.25) is 5.91 Å². The molecule has 0 aromatic heterocycles. The summed E-state index contributed by atoms with van der Waals surface area (Å²) in [7, 11) is 0. The summed E-state index contributed by atoms with van der Waals surface area (Å²) in [5.41, 5.74) is 0. The maximum atomic E-state index is 11.8. The van der Waals surface area contributed by atoms with Crippen LogP contribution in [0.3, 0.4) is 0 Å². The molecule has 2 unspecified atom stereocenters. The first-order valence-corrected chi connectivity index (χ1v) is 11.2. The molecule has 0 bridgehead atoms. The van der Waals surface area contributed by atoms with Crippen LogP contribution in [0.15, 0.2) is 12.2 Å². The van der Waals surface area contributed by atoms with Gasteiger partial charge in [0, 0.05) is 5.92 Å². The third-order valence-corrected chi connectivity index (χ3v) is 5.01. The van der Waals surface area contributed by atoms with E-state index in [1.165, 1.54) is 70.6 Å². The van der Waals surface area contributed by atoms with Gasteiger partial charge in [-0.3, -0.25) is 4.79 Å². The van der Waals surface area contributed by atoms with Crippen LogP contribution >= 0.6 is 0 Å². The Morgan fingerprint density at radius 2 is 1.38 bits per heavy atom. The topological polar surface area (TPSA) is 49.3 Å². The number of carbonyl (C=O) groups is 1. The van der Waals surface area contributed by atoms with Crippen molar-refractivity contribution in [2.75, 3.05) is 0 Å². The molecule has 0 radical (unpaired) electrons. The van der Waals surface area contributed by atoms with Crippen LogP contribution < -0.4 is 5.32 Å². The zero-order valence-corrected chi connectivity index (χ0v) is 17.9. The van der Waals surface area contributed by atoms with Crippen LogP contribution in [-0.4, -0.2) is 23.2 Å². The predicted molar refractivity (Wildman–Crippen MR) is 113 cm³/mol. The lowest BCUT2D eigenvalue weighted by molar-refractivity contribution is -0.125. The standard InChI is InChI=1S/C23H45NO2/c1-5-7-8-9-10-11-12-13-14-15-16-17-18-19-22(25)21(6-2)24-23(26)20(3)4/h18-22,25H,5-17H2,1-4H3,(H,24,26)/b19-18+. The highest BCUT2D eigenvalue weighted by atomic mass is 16.3. The number of rotatable bonds is 17. The molecule has 0 aromatic rings. The molecular formula is C23H45NO2. The summed E-state index contributed by atoms with van der Waals surface area (Å²) in [5.74, 6) is -0.0359. The Morgan fingerprint density at radius 1 is 0.885 bits per heavy atom. The molecular weight excluding hydrogens is 322 g/mol. The van der Waals surface area contributed by atoms with Crippen molar-refractivity contribution >= 4 is 5.91 Å². The summed E-state index contributed by atoms with van der Waals surface area (Å²) in [6.07, 6.45) is 20.0. The van der Waals surface area contributed by atoms with Crippen LogP contribution in [0, 0.1) is 5.92 Å². The van der Waals surface area contributed by atoms with Gasteiger partial charge in [-0.1, -0.05) is 104 Å². The van der Waals surface area contributed by atoms with Gasteiger partial charge in [0.1, 0.15) is 0 Å². The molecule has 1 amide bonds. The van der Waals surface area contributed by atoms with Crippen molar-refractivity contribution in [2.45, 2.75) is 123 Å². The average molecular weight is 368 g/mol. The van der Waals surface area contributed by atoms with Gasteiger partial charge < -0.3 is 10.4 Å². The molecule has 0 rings (SSSR count). The highest BCUT2D eigenvalue weighted by Crippen LogP contribution is 2.12. The van der Waals surface area contributed by atoms with Gasteiger partial charge in [-0.2, -0.15) is 0 Å². The molecule has 0 heterocycles. The van der Waals surface area contributed by atoms with E-state index in [1.54, 1.807) is 0 Å². The fourth-order valence-corrected chi connectivity index (χ4v) is 3.07. The van der Waals surface area contributed by atoms with Crippen molar-refractivity contribution in [1.82, 2.24) is 5.32 Å². The lowest BCUT2D eigenvalue weighted by Gasteiger charge is -2.21. The molecule has 0 fully saturated rings. The molecule has 0 aromatic carbocycles. The number of hydrogen-bond acceptors (Lipinski definition) is 2. The maximum Gasteiger partial charge on any atom is 0.222 e. The first-order valence-electron chi connectivity index (χ1n) is 11.2. The average Bonchev–Trinajstić information content (AvgIpc) is 2.62. The van der Waals surface area contributed by atoms with E-state index in [-0.39, 0.29) is 17.9 Å². The Bertz CT molecular complexity index is 352. The van der Waals surface area contributed by atoms with Crippen LogP contribution in [0.25, 0.3) is 0 Å². The van der Waals surface area contributed by atoms with E-state index < -0.39 is 6.10 Å². The van der Waals surface area contributed by atoms with E-state index >= 15 is 0 Å². The zero-order valence-electron chi connectivity index (χ0n) is 17.9.